The van der Waals surface area contributed by atoms with Gasteiger partial charge in [-0.25, -0.2) is 9.59 Å². The number of imide groups is 1. The molecule has 2 aromatic carbocycles. The molecule has 1 fully saturated rings. The minimum absolute atomic E-state index is 0.0976. The first kappa shape index (κ1) is 31.9. The topological polar surface area (TPSA) is 162 Å². The van der Waals surface area contributed by atoms with Crippen molar-refractivity contribution in [3.8, 4) is 0 Å². The van der Waals surface area contributed by atoms with Crippen LogP contribution in [0.4, 0.5) is 4.79 Å². The number of carboxylic acid groups (broad SMARTS) is 1. The monoisotopic (exact) mass is 664 g/mol. The number of aliphatic carboxylic acids is 1. The first-order valence-electron chi connectivity index (χ1n) is 13.6. The molecule has 3 aromatic rings. The van der Waals surface area contributed by atoms with Crippen LogP contribution in [0.15, 0.2) is 82.3 Å². The Bertz CT molecular complexity index is 1680. The Morgan fingerprint density at radius 1 is 1.11 bits per heavy atom. The molecule has 2 aliphatic rings. The lowest BCUT2D eigenvalue weighted by Crippen LogP contribution is -2.71. The van der Waals surface area contributed by atoms with Gasteiger partial charge in [-0.2, -0.15) is 0 Å². The molecule has 0 saturated carbocycles. The first-order chi connectivity index (χ1) is 21.6. The van der Waals surface area contributed by atoms with E-state index in [1.54, 1.807) is 36.4 Å². The Morgan fingerprint density at radius 3 is 2.44 bits per heavy atom. The van der Waals surface area contributed by atoms with Gasteiger partial charge >= 0.3 is 12.0 Å². The van der Waals surface area contributed by atoms with E-state index in [4.69, 9.17) is 0 Å². The number of nitrogens with zero attached hydrogens (tertiary/aromatic N) is 4. The van der Waals surface area contributed by atoms with Crippen LogP contribution in [0.1, 0.15) is 22.2 Å². The standard InChI is InChI=1S/C30H28N6O6S3/c1-17-33-34-30(45-17)44-16-20-15-43-27-23(26(39)36(27)24(20)28(40)41)31-25(38)22(19-11-7-4-8-12-19)32-29(42)35(2)21(37)14-13-18-9-5-3-6-10-18/h3-14,22-23,27H,15-16H2,1-2H3,(H,31,38)(H,32,42)(H,40,41)/t22?,23?,27-/m0/s1. The lowest BCUT2D eigenvalue weighted by Gasteiger charge is -2.49. The van der Waals surface area contributed by atoms with E-state index in [9.17, 15) is 29.1 Å². The number of hydrogen-bond acceptors (Lipinski definition) is 10. The third-order valence-electron chi connectivity index (χ3n) is 6.94. The average molecular weight is 665 g/mol. The molecule has 3 N–H and O–H groups in total. The second kappa shape index (κ2) is 14.1. The number of aryl methyl sites for hydroxylation is 1. The Morgan fingerprint density at radius 2 is 1.80 bits per heavy atom. The molecule has 2 aliphatic heterocycles. The molecule has 3 atom stereocenters. The Hall–Kier alpha value is -4.47. The third kappa shape index (κ3) is 7.27. The van der Waals surface area contributed by atoms with Gasteiger partial charge in [0.25, 0.3) is 11.8 Å². The number of carbonyl (C=O) groups is 5. The van der Waals surface area contributed by atoms with Gasteiger partial charge in [-0.1, -0.05) is 83.8 Å². The summed E-state index contributed by atoms with van der Waals surface area (Å²) in [6.07, 6.45) is 2.83. The molecule has 5 amide bonds. The zero-order valence-electron chi connectivity index (χ0n) is 24.1. The van der Waals surface area contributed by atoms with Gasteiger partial charge in [0.05, 0.1) is 0 Å². The number of aromatic nitrogens is 2. The number of β-lactam (4-membered cyclic amide) rings is 1. The molecule has 1 saturated heterocycles. The second-order valence-corrected chi connectivity index (χ2v) is 13.5. The predicted molar refractivity (Wildman–Crippen MR) is 171 cm³/mol. The van der Waals surface area contributed by atoms with E-state index < -0.39 is 47.2 Å². The number of amides is 5. The van der Waals surface area contributed by atoms with Gasteiger partial charge < -0.3 is 15.7 Å². The summed E-state index contributed by atoms with van der Waals surface area (Å²) in [6, 6.07) is 14.5. The molecule has 12 nitrogen and oxygen atoms in total. The van der Waals surface area contributed by atoms with Crippen LogP contribution in [0, 0.1) is 6.92 Å². The van der Waals surface area contributed by atoms with Crippen molar-refractivity contribution in [3.05, 3.63) is 94.1 Å². The highest BCUT2D eigenvalue weighted by atomic mass is 32.2. The van der Waals surface area contributed by atoms with Crippen molar-refractivity contribution in [2.45, 2.75) is 28.7 Å². The summed E-state index contributed by atoms with van der Waals surface area (Å²) >= 11 is 4.10. The highest BCUT2D eigenvalue weighted by Crippen LogP contribution is 2.42. The van der Waals surface area contributed by atoms with Gasteiger partial charge in [0.2, 0.25) is 5.91 Å². The molecule has 15 heteroatoms. The van der Waals surface area contributed by atoms with Crippen LogP contribution in [-0.4, -0.2) is 84.8 Å². The fourth-order valence-corrected chi connectivity index (χ4v) is 7.93. The molecule has 0 radical (unpaired) electrons. The molecule has 1 aromatic heterocycles. The lowest BCUT2D eigenvalue weighted by atomic mass is 10.0. The molecule has 232 valence electrons. The number of carbonyl (C=O) groups excluding carboxylic acids is 4. The largest absolute Gasteiger partial charge is 0.477 e. The summed E-state index contributed by atoms with van der Waals surface area (Å²) < 4.78 is 0.700. The van der Waals surface area contributed by atoms with Crippen molar-refractivity contribution < 1.29 is 29.1 Å². The zero-order chi connectivity index (χ0) is 32.1. The molecule has 45 heavy (non-hydrogen) atoms. The normalized spacial score (nSPS) is 18.2. The van der Waals surface area contributed by atoms with E-state index in [0.717, 1.165) is 15.5 Å². The maximum absolute atomic E-state index is 13.6. The van der Waals surface area contributed by atoms with Crippen molar-refractivity contribution in [2.24, 2.45) is 0 Å². The van der Waals surface area contributed by atoms with Crippen LogP contribution >= 0.6 is 34.9 Å². The SMILES string of the molecule is Cc1nnc(SCC2=C(C(=O)O)N3C(=O)C(NC(=O)C(NC(=O)N(C)C(=O)C=Cc4ccccc4)c4ccccc4)[C@@H]3SC2)s1. The average Bonchev–Trinajstić information content (AvgIpc) is 3.48. The summed E-state index contributed by atoms with van der Waals surface area (Å²) in [4.78, 5) is 66.9. The molecule has 3 heterocycles. The van der Waals surface area contributed by atoms with E-state index in [2.05, 4.69) is 20.8 Å². The smallest absolute Gasteiger partial charge is 0.352 e. The van der Waals surface area contributed by atoms with Gasteiger partial charge in [-0.05, 0) is 29.7 Å². The van der Waals surface area contributed by atoms with Gasteiger partial charge in [0.15, 0.2) is 4.34 Å². The summed E-state index contributed by atoms with van der Waals surface area (Å²) in [5.41, 5.74) is 1.68. The fourth-order valence-electron chi connectivity index (χ4n) is 4.63. The maximum Gasteiger partial charge on any atom is 0.352 e. The van der Waals surface area contributed by atoms with Crippen LogP contribution in [0.25, 0.3) is 6.08 Å². The van der Waals surface area contributed by atoms with Crippen molar-refractivity contribution >= 4 is 70.7 Å². The van der Waals surface area contributed by atoms with E-state index in [0.29, 0.717) is 27.0 Å². The van der Waals surface area contributed by atoms with Crippen LogP contribution < -0.4 is 10.6 Å². The van der Waals surface area contributed by atoms with Gasteiger partial charge in [-0.3, -0.25) is 24.2 Å². The van der Waals surface area contributed by atoms with Gasteiger partial charge in [0.1, 0.15) is 28.2 Å². The van der Waals surface area contributed by atoms with Crippen LogP contribution in [-0.2, 0) is 19.2 Å². The van der Waals surface area contributed by atoms with E-state index in [1.807, 2.05) is 37.3 Å². The molecular formula is C30H28N6O6S3. The number of nitrogens with one attached hydrogen (secondary N) is 2. The summed E-state index contributed by atoms with van der Waals surface area (Å²) in [5.74, 6) is -2.41. The minimum atomic E-state index is -1.24. The molecule has 0 aliphatic carbocycles. The number of rotatable bonds is 10. The fraction of sp³-hybridized carbons (Fsp3) is 0.233. The van der Waals surface area contributed by atoms with E-state index in [1.165, 1.54) is 52.9 Å². The summed E-state index contributed by atoms with van der Waals surface area (Å²) in [6.45, 7) is 1.83. The number of urea groups is 1. The number of carboxylic acids is 1. The van der Waals surface area contributed by atoms with Gasteiger partial charge in [0, 0.05) is 24.6 Å². The molecule has 2 unspecified atom stereocenters. The highest BCUT2D eigenvalue weighted by molar-refractivity contribution is 8.01. The highest BCUT2D eigenvalue weighted by Gasteiger charge is 2.54. The van der Waals surface area contributed by atoms with Gasteiger partial charge in [-0.15, -0.1) is 22.0 Å². The van der Waals surface area contributed by atoms with E-state index >= 15 is 0 Å². The number of likely N-dealkylation sites (N-methyl/N-ethyl adjacent to an activating group) is 1. The van der Waals surface area contributed by atoms with Crippen LogP contribution in [0.5, 0.6) is 0 Å². The Labute approximate surface area is 271 Å². The molecule has 5 rings (SSSR count). The number of thioether (sulfide) groups is 2. The van der Waals surface area contributed by atoms with E-state index in [-0.39, 0.29) is 5.70 Å². The second-order valence-electron chi connectivity index (χ2n) is 9.96. The van der Waals surface area contributed by atoms with Crippen LogP contribution in [0.3, 0.4) is 0 Å². The number of fused-ring (bicyclic) bond motifs is 1. The number of hydrogen-bond donors (Lipinski definition) is 3. The third-order valence-corrected chi connectivity index (χ3v) is 10.3. The first-order valence-corrected chi connectivity index (χ1v) is 16.5. The number of benzene rings is 2. The summed E-state index contributed by atoms with van der Waals surface area (Å²) in [7, 11) is 1.29. The van der Waals surface area contributed by atoms with Crippen molar-refractivity contribution in [1.82, 2.24) is 30.6 Å². The van der Waals surface area contributed by atoms with Crippen molar-refractivity contribution in [1.29, 1.82) is 0 Å². The zero-order valence-corrected chi connectivity index (χ0v) is 26.5. The lowest BCUT2D eigenvalue weighted by molar-refractivity contribution is -0.151. The molecule has 0 bridgehead atoms. The minimum Gasteiger partial charge on any atom is -0.477 e. The Balaban J connectivity index is 1.27. The molecule has 0 spiro atoms. The van der Waals surface area contributed by atoms with Crippen molar-refractivity contribution in [3.63, 3.8) is 0 Å². The molecular weight excluding hydrogens is 637 g/mol. The predicted octanol–water partition coefficient (Wildman–Crippen LogP) is 3.30. The quantitative estimate of drug-likeness (QED) is 0.167. The van der Waals surface area contributed by atoms with Crippen molar-refractivity contribution in [2.75, 3.05) is 18.6 Å². The maximum atomic E-state index is 13.6. The Kier molecular flexibility index (Phi) is 10.0. The summed E-state index contributed by atoms with van der Waals surface area (Å²) in [5, 5.41) is 23.5. The van der Waals surface area contributed by atoms with Crippen LogP contribution in [0.2, 0.25) is 0 Å².